The van der Waals surface area contributed by atoms with Crippen LogP contribution in [0.5, 0.6) is 0 Å². The number of rotatable bonds is 4. The third kappa shape index (κ3) is 2.75. The van der Waals surface area contributed by atoms with Crippen molar-refractivity contribution in [3.8, 4) is 0 Å². The normalized spacial score (nSPS) is 37.9. The standard InChI is InChI=1S/C17H30N2O3S/c1-23(20,21)19-9-4-13(5-10-19)12-18-15-14-6-11-22-16(14)17(15)7-2-3-8-17/h13-16,18H,2-12H2,1H3/t14-,15-,16-/m1/s1. The van der Waals surface area contributed by atoms with Gasteiger partial charge in [-0.25, -0.2) is 12.7 Å². The van der Waals surface area contributed by atoms with E-state index in [0.29, 0.717) is 36.6 Å². The van der Waals surface area contributed by atoms with Crippen molar-refractivity contribution in [2.45, 2.75) is 57.1 Å². The van der Waals surface area contributed by atoms with Crippen LogP contribution in [0.25, 0.3) is 0 Å². The molecule has 0 bridgehead atoms. The molecular weight excluding hydrogens is 312 g/mol. The molecule has 132 valence electrons. The van der Waals surface area contributed by atoms with E-state index in [4.69, 9.17) is 4.74 Å². The second-order valence-corrected chi connectivity index (χ2v) is 10.2. The summed E-state index contributed by atoms with van der Waals surface area (Å²) in [6.07, 6.45) is 10.4. The molecule has 3 atom stereocenters. The Bertz CT molecular complexity index is 536. The van der Waals surface area contributed by atoms with Crippen LogP contribution >= 0.6 is 0 Å². The number of piperidine rings is 1. The predicted molar refractivity (Wildman–Crippen MR) is 89.7 cm³/mol. The Morgan fingerprint density at radius 1 is 1.17 bits per heavy atom. The number of hydrogen-bond acceptors (Lipinski definition) is 4. The van der Waals surface area contributed by atoms with Gasteiger partial charge in [0.1, 0.15) is 0 Å². The van der Waals surface area contributed by atoms with Gasteiger partial charge in [-0.2, -0.15) is 0 Å². The van der Waals surface area contributed by atoms with Crippen LogP contribution in [-0.2, 0) is 14.8 Å². The van der Waals surface area contributed by atoms with Gasteiger partial charge in [0.2, 0.25) is 10.0 Å². The summed E-state index contributed by atoms with van der Waals surface area (Å²) in [5.74, 6) is 1.34. The van der Waals surface area contributed by atoms with Crippen molar-refractivity contribution in [1.82, 2.24) is 9.62 Å². The molecule has 1 N–H and O–H groups in total. The van der Waals surface area contributed by atoms with E-state index < -0.39 is 10.0 Å². The Kier molecular flexibility index (Phi) is 4.23. The molecule has 2 saturated heterocycles. The number of sulfonamides is 1. The minimum atomic E-state index is -3.01. The van der Waals surface area contributed by atoms with Gasteiger partial charge in [0, 0.05) is 37.1 Å². The molecule has 4 aliphatic rings. The van der Waals surface area contributed by atoms with Gasteiger partial charge < -0.3 is 10.1 Å². The van der Waals surface area contributed by atoms with E-state index in [9.17, 15) is 8.42 Å². The lowest BCUT2D eigenvalue weighted by atomic mass is 9.54. The van der Waals surface area contributed by atoms with Gasteiger partial charge in [0.15, 0.2) is 0 Å². The number of nitrogens with one attached hydrogen (secondary N) is 1. The monoisotopic (exact) mass is 342 g/mol. The Labute approximate surface area is 140 Å². The van der Waals surface area contributed by atoms with E-state index in [-0.39, 0.29) is 0 Å². The van der Waals surface area contributed by atoms with Crippen LogP contribution in [-0.4, -0.2) is 57.4 Å². The molecule has 0 amide bonds. The molecule has 4 rings (SSSR count). The zero-order chi connectivity index (χ0) is 16.1. The van der Waals surface area contributed by atoms with Crippen LogP contribution in [0.2, 0.25) is 0 Å². The SMILES string of the molecule is CS(=O)(=O)N1CCC(CN[C@@H]2[C@H]3CCO[C@H]3C23CCCC3)CC1. The zero-order valence-electron chi connectivity index (χ0n) is 14.2. The third-order valence-corrected chi connectivity index (χ3v) is 8.26. The van der Waals surface area contributed by atoms with Gasteiger partial charge in [0.25, 0.3) is 0 Å². The van der Waals surface area contributed by atoms with Crippen molar-refractivity contribution in [2.75, 3.05) is 32.5 Å². The van der Waals surface area contributed by atoms with Gasteiger partial charge in [-0.1, -0.05) is 12.8 Å². The van der Waals surface area contributed by atoms with E-state index in [2.05, 4.69) is 5.32 Å². The van der Waals surface area contributed by atoms with Crippen LogP contribution < -0.4 is 5.32 Å². The van der Waals surface area contributed by atoms with E-state index in [1.165, 1.54) is 38.4 Å². The maximum absolute atomic E-state index is 11.6. The fourth-order valence-electron chi connectivity index (χ4n) is 5.75. The Morgan fingerprint density at radius 3 is 2.52 bits per heavy atom. The van der Waals surface area contributed by atoms with Crippen molar-refractivity contribution in [3.63, 3.8) is 0 Å². The summed E-state index contributed by atoms with van der Waals surface area (Å²) >= 11 is 0. The summed E-state index contributed by atoms with van der Waals surface area (Å²) in [5.41, 5.74) is 0.425. The summed E-state index contributed by atoms with van der Waals surface area (Å²) in [6.45, 7) is 3.38. The van der Waals surface area contributed by atoms with Crippen LogP contribution in [0.15, 0.2) is 0 Å². The van der Waals surface area contributed by atoms with Crippen LogP contribution in [0.1, 0.15) is 44.9 Å². The highest BCUT2D eigenvalue weighted by molar-refractivity contribution is 7.88. The summed E-state index contributed by atoms with van der Waals surface area (Å²) in [4.78, 5) is 0. The van der Waals surface area contributed by atoms with E-state index in [1.54, 1.807) is 4.31 Å². The van der Waals surface area contributed by atoms with Gasteiger partial charge in [-0.05, 0) is 44.6 Å². The van der Waals surface area contributed by atoms with Crippen LogP contribution in [0.4, 0.5) is 0 Å². The van der Waals surface area contributed by atoms with E-state index >= 15 is 0 Å². The highest BCUT2D eigenvalue weighted by Crippen LogP contribution is 2.60. The fourth-order valence-corrected chi connectivity index (χ4v) is 6.62. The van der Waals surface area contributed by atoms with Gasteiger partial charge in [0.05, 0.1) is 12.4 Å². The molecule has 2 aliphatic heterocycles. The first-order valence-electron chi connectivity index (χ1n) is 9.31. The van der Waals surface area contributed by atoms with E-state index in [0.717, 1.165) is 31.9 Å². The lowest BCUT2D eigenvalue weighted by molar-refractivity contribution is -0.131. The molecule has 0 aromatic carbocycles. The van der Waals surface area contributed by atoms with Crippen LogP contribution in [0, 0.1) is 17.3 Å². The Morgan fingerprint density at radius 2 is 1.87 bits per heavy atom. The van der Waals surface area contributed by atoms with Crippen molar-refractivity contribution in [3.05, 3.63) is 0 Å². The lowest BCUT2D eigenvalue weighted by Gasteiger charge is -2.57. The fraction of sp³-hybridized carbons (Fsp3) is 1.00. The molecule has 6 heteroatoms. The maximum atomic E-state index is 11.6. The number of nitrogens with zero attached hydrogens (tertiary/aromatic N) is 1. The van der Waals surface area contributed by atoms with Gasteiger partial charge in [-0.15, -0.1) is 0 Å². The van der Waals surface area contributed by atoms with Gasteiger partial charge in [-0.3, -0.25) is 0 Å². The number of ether oxygens (including phenoxy) is 1. The average molecular weight is 343 g/mol. The topological polar surface area (TPSA) is 58.6 Å². The maximum Gasteiger partial charge on any atom is 0.211 e. The molecular formula is C17H30N2O3S. The lowest BCUT2D eigenvalue weighted by Crippen LogP contribution is -2.67. The van der Waals surface area contributed by atoms with Crippen molar-refractivity contribution in [2.24, 2.45) is 17.3 Å². The Balaban J connectivity index is 1.31. The molecule has 0 radical (unpaired) electrons. The summed E-state index contributed by atoms with van der Waals surface area (Å²) < 4.78 is 30.9. The molecule has 0 aromatic rings. The third-order valence-electron chi connectivity index (χ3n) is 6.96. The second-order valence-electron chi connectivity index (χ2n) is 8.18. The minimum absolute atomic E-state index is 0.425. The summed E-state index contributed by atoms with van der Waals surface area (Å²) in [7, 11) is -3.01. The van der Waals surface area contributed by atoms with Crippen molar-refractivity contribution in [1.29, 1.82) is 0 Å². The highest BCUT2D eigenvalue weighted by Gasteiger charge is 2.64. The molecule has 0 aromatic heterocycles. The summed E-state index contributed by atoms with van der Waals surface area (Å²) in [5, 5.41) is 3.90. The van der Waals surface area contributed by atoms with E-state index in [1.807, 2.05) is 0 Å². The predicted octanol–water partition coefficient (Wildman–Crippen LogP) is 1.60. The molecule has 4 fully saturated rings. The first-order valence-corrected chi connectivity index (χ1v) is 11.2. The molecule has 2 heterocycles. The zero-order valence-corrected chi connectivity index (χ0v) is 15.0. The number of hydrogen-bond donors (Lipinski definition) is 1. The number of fused-ring (bicyclic) bond motifs is 2. The molecule has 5 nitrogen and oxygen atoms in total. The van der Waals surface area contributed by atoms with Crippen molar-refractivity contribution < 1.29 is 13.2 Å². The Hall–Kier alpha value is -0.170. The average Bonchev–Trinajstić information content (AvgIpc) is 3.15. The molecule has 2 aliphatic carbocycles. The van der Waals surface area contributed by atoms with Crippen molar-refractivity contribution >= 4 is 10.0 Å². The first kappa shape index (κ1) is 16.3. The molecule has 2 saturated carbocycles. The second kappa shape index (κ2) is 5.97. The largest absolute Gasteiger partial charge is 0.377 e. The van der Waals surface area contributed by atoms with Crippen LogP contribution in [0.3, 0.4) is 0 Å². The van der Waals surface area contributed by atoms with Gasteiger partial charge >= 0.3 is 0 Å². The molecule has 1 spiro atoms. The summed E-state index contributed by atoms with van der Waals surface area (Å²) in [6, 6.07) is 0.644. The smallest absolute Gasteiger partial charge is 0.211 e. The molecule has 0 unspecified atom stereocenters. The highest BCUT2D eigenvalue weighted by atomic mass is 32.2. The quantitative estimate of drug-likeness (QED) is 0.843. The first-order chi connectivity index (χ1) is 11.0. The minimum Gasteiger partial charge on any atom is -0.377 e. The molecule has 23 heavy (non-hydrogen) atoms.